The number of benzene rings is 1. The lowest BCUT2D eigenvalue weighted by Crippen LogP contribution is -2.34. The van der Waals surface area contributed by atoms with Crippen LogP contribution in [-0.4, -0.2) is 23.1 Å². The van der Waals surface area contributed by atoms with Crippen LogP contribution in [0.15, 0.2) is 18.2 Å². The van der Waals surface area contributed by atoms with Crippen LogP contribution in [0.2, 0.25) is 0 Å². The number of alkyl halides is 2. The number of aliphatic carboxylic acids is 1. The summed E-state index contributed by atoms with van der Waals surface area (Å²) in [7, 11) is 0. The van der Waals surface area contributed by atoms with Crippen molar-refractivity contribution in [3.05, 3.63) is 23.8 Å². The summed E-state index contributed by atoms with van der Waals surface area (Å²) in [6, 6.07) is 3.88. The van der Waals surface area contributed by atoms with Gasteiger partial charge in [-0.3, -0.25) is 4.79 Å². The molecule has 1 aromatic rings. The van der Waals surface area contributed by atoms with Gasteiger partial charge >= 0.3 is 12.1 Å². The van der Waals surface area contributed by atoms with E-state index in [1.807, 2.05) is 0 Å². The number of carboxylic acid groups (broad SMARTS) is 1. The maximum atomic E-state index is 12.8. The average molecular weight is 257 g/mol. The molecule has 0 saturated carbocycles. The van der Waals surface area contributed by atoms with Crippen LogP contribution in [0.4, 0.5) is 14.5 Å². The first-order chi connectivity index (χ1) is 8.38. The van der Waals surface area contributed by atoms with Crippen molar-refractivity contribution in [2.45, 2.75) is 19.0 Å². The summed E-state index contributed by atoms with van der Waals surface area (Å²) >= 11 is 0. The number of carboxylic acids is 1. The number of carbonyl (C=O) groups is 2. The second-order valence-corrected chi connectivity index (χ2v) is 3.79. The van der Waals surface area contributed by atoms with E-state index in [2.05, 4.69) is 10.1 Å². The molecule has 0 bridgehead atoms. The number of halogens is 2. The van der Waals surface area contributed by atoms with Crippen molar-refractivity contribution >= 4 is 17.6 Å². The Bertz CT molecular complexity index is 516. The highest BCUT2D eigenvalue weighted by molar-refractivity contribution is 5.94. The van der Waals surface area contributed by atoms with Crippen molar-refractivity contribution in [3.8, 4) is 5.75 Å². The van der Waals surface area contributed by atoms with Crippen molar-refractivity contribution in [1.29, 1.82) is 0 Å². The second kappa shape index (κ2) is 4.25. The molecule has 1 heterocycles. The van der Waals surface area contributed by atoms with E-state index < -0.39 is 12.1 Å². The lowest BCUT2D eigenvalue weighted by molar-refractivity contribution is -0.210. The maximum absolute atomic E-state index is 12.8. The van der Waals surface area contributed by atoms with Gasteiger partial charge in [0.1, 0.15) is 5.75 Å². The van der Waals surface area contributed by atoms with Crippen LogP contribution >= 0.6 is 0 Å². The quantitative estimate of drug-likeness (QED) is 0.862. The van der Waals surface area contributed by atoms with Crippen LogP contribution < -0.4 is 10.1 Å². The van der Waals surface area contributed by atoms with E-state index in [0.717, 1.165) is 0 Å². The van der Waals surface area contributed by atoms with Gasteiger partial charge in [-0.2, -0.15) is 8.78 Å². The summed E-state index contributed by atoms with van der Waals surface area (Å²) in [6.07, 6.45) is -3.62. The van der Waals surface area contributed by atoms with E-state index in [1.165, 1.54) is 18.2 Å². The lowest BCUT2D eigenvalue weighted by Gasteiger charge is -2.19. The van der Waals surface area contributed by atoms with Crippen molar-refractivity contribution in [2.24, 2.45) is 0 Å². The number of amides is 1. The third-order valence-corrected chi connectivity index (χ3v) is 2.47. The fourth-order valence-corrected chi connectivity index (χ4v) is 1.61. The first-order valence-electron chi connectivity index (χ1n) is 5.11. The normalized spacial score (nSPS) is 14.7. The van der Waals surface area contributed by atoms with E-state index in [0.29, 0.717) is 17.7 Å². The van der Waals surface area contributed by atoms with E-state index in [9.17, 15) is 18.4 Å². The molecule has 2 rings (SSSR count). The van der Waals surface area contributed by atoms with Gasteiger partial charge in [-0.1, -0.05) is 0 Å². The number of hydrogen-bond acceptors (Lipinski definition) is 3. The van der Waals surface area contributed by atoms with Crippen molar-refractivity contribution < 1.29 is 28.2 Å². The largest absolute Gasteiger partial charge is 0.501 e. The Morgan fingerprint density at radius 2 is 2.11 bits per heavy atom. The molecule has 0 radical (unpaired) electrons. The van der Waals surface area contributed by atoms with Crippen molar-refractivity contribution in [2.75, 3.05) is 5.32 Å². The van der Waals surface area contributed by atoms with Crippen LogP contribution in [0.3, 0.4) is 0 Å². The fourth-order valence-electron chi connectivity index (χ4n) is 1.61. The highest BCUT2D eigenvalue weighted by Gasteiger charge is 2.42. The number of hydrogen-bond donors (Lipinski definition) is 2. The summed E-state index contributed by atoms with van der Waals surface area (Å²) in [5, 5.41) is 10.8. The lowest BCUT2D eigenvalue weighted by atomic mass is 10.0. The molecule has 0 aliphatic carbocycles. The van der Waals surface area contributed by atoms with Crippen LogP contribution in [0.5, 0.6) is 5.75 Å². The Kier molecular flexibility index (Phi) is 2.90. The zero-order chi connectivity index (χ0) is 13.3. The molecule has 2 N–H and O–H groups in total. The van der Waals surface area contributed by atoms with Crippen LogP contribution in [0.1, 0.15) is 12.0 Å². The van der Waals surface area contributed by atoms with Gasteiger partial charge in [-0.15, -0.1) is 0 Å². The molecule has 7 heteroatoms. The van der Waals surface area contributed by atoms with Gasteiger partial charge in [0.05, 0.1) is 0 Å². The highest BCUT2D eigenvalue weighted by atomic mass is 19.3. The molecule has 0 aromatic heterocycles. The molecule has 0 saturated heterocycles. The minimum Gasteiger partial charge on any atom is -0.474 e. The average Bonchev–Trinajstić information content (AvgIpc) is 2.28. The van der Waals surface area contributed by atoms with E-state index in [1.54, 1.807) is 0 Å². The Balaban J connectivity index is 2.22. The number of rotatable bonds is 3. The van der Waals surface area contributed by atoms with E-state index >= 15 is 0 Å². The Morgan fingerprint density at radius 1 is 1.39 bits per heavy atom. The van der Waals surface area contributed by atoms with Crippen molar-refractivity contribution in [1.82, 2.24) is 0 Å². The third-order valence-electron chi connectivity index (χ3n) is 2.47. The van der Waals surface area contributed by atoms with Gasteiger partial charge in [0.15, 0.2) is 0 Å². The van der Waals surface area contributed by atoms with E-state index in [-0.39, 0.29) is 18.1 Å². The molecule has 0 spiro atoms. The Labute approximate surface area is 100 Å². The summed E-state index contributed by atoms with van der Waals surface area (Å²) in [5.41, 5.74) is 1.16. The Hall–Kier alpha value is -2.18. The van der Waals surface area contributed by atoms with Crippen LogP contribution in [-0.2, 0) is 16.0 Å². The minimum absolute atomic E-state index is 0.146. The first kappa shape index (κ1) is 12.3. The van der Waals surface area contributed by atoms with Crippen molar-refractivity contribution in [3.63, 3.8) is 0 Å². The van der Waals surface area contributed by atoms with Crippen LogP contribution in [0.25, 0.3) is 0 Å². The molecule has 0 atom stereocenters. The predicted octanol–water partition coefficient (Wildman–Crippen LogP) is 1.63. The first-order valence-corrected chi connectivity index (χ1v) is 5.11. The maximum Gasteiger partial charge on any atom is 0.501 e. The van der Waals surface area contributed by atoms with Gasteiger partial charge in [-0.25, -0.2) is 4.79 Å². The Morgan fingerprint density at radius 3 is 2.78 bits per heavy atom. The minimum atomic E-state index is -4.27. The standard InChI is InChI=1S/C11H9F2NO4/c12-11(13,10(16)17)18-7-2-3-8-6(5-7)1-4-9(15)14-8/h2-3,5H,1,4H2,(H,14,15)(H,16,17). The van der Waals surface area contributed by atoms with Gasteiger partial charge in [0.25, 0.3) is 0 Å². The van der Waals surface area contributed by atoms with Gasteiger partial charge in [-0.05, 0) is 30.2 Å². The molecule has 0 fully saturated rings. The molecule has 1 aliphatic heterocycles. The summed E-state index contributed by atoms with van der Waals surface area (Å²) in [4.78, 5) is 21.3. The number of carbonyl (C=O) groups excluding carboxylic acids is 1. The summed E-state index contributed by atoms with van der Waals surface area (Å²) in [5.74, 6) is -2.75. The van der Waals surface area contributed by atoms with Gasteiger partial charge in [0.2, 0.25) is 5.91 Å². The smallest absolute Gasteiger partial charge is 0.474 e. The molecule has 1 aromatic carbocycles. The molecular weight excluding hydrogens is 248 g/mol. The number of aryl methyl sites for hydroxylation is 1. The predicted molar refractivity (Wildman–Crippen MR) is 56.6 cm³/mol. The van der Waals surface area contributed by atoms with Gasteiger partial charge < -0.3 is 15.2 Å². The van der Waals surface area contributed by atoms with E-state index in [4.69, 9.17) is 5.11 Å². The third kappa shape index (κ3) is 2.39. The molecule has 96 valence electrons. The van der Waals surface area contributed by atoms with Crippen LogP contribution in [0, 0.1) is 0 Å². The zero-order valence-electron chi connectivity index (χ0n) is 9.07. The summed E-state index contributed by atoms with van der Waals surface area (Å²) < 4.78 is 29.8. The molecule has 1 aliphatic rings. The highest BCUT2D eigenvalue weighted by Crippen LogP contribution is 2.29. The zero-order valence-corrected chi connectivity index (χ0v) is 9.07. The molecule has 18 heavy (non-hydrogen) atoms. The molecular formula is C11H9F2NO4. The molecule has 0 unspecified atom stereocenters. The number of nitrogens with one attached hydrogen (secondary N) is 1. The molecule has 1 amide bonds. The SMILES string of the molecule is O=C1CCc2cc(OC(F)(F)C(=O)O)ccc2N1. The molecule has 5 nitrogen and oxygen atoms in total. The number of fused-ring (bicyclic) bond motifs is 1. The number of ether oxygens (including phenoxy) is 1. The summed E-state index contributed by atoms with van der Waals surface area (Å²) in [6.45, 7) is 0. The fraction of sp³-hybridized carbons (Fsp3) is 0.273. The van der Waals surface area contributed by atoms with Gasteiger partial charge in [0, 0.05) is 12.1 Å². The monoisotopic (exact) mass is 257 g/mol. The number of anilines is 1. The topological polar surface area (TPSA) is 75.6 Å². The second-order valence-electron chi connectivity index (χ2n) is 3.79.